The lowest BCUT2D eigenvalue weighted by molar-refractivity contribution is 0.0366. The third-order valence-electron chi connectivity index (χ3n) is 9.95. The number of carbonyl (C=O) groups excluding carboxylic acids is 2. The summed E-state index contributed by atoms with van der Waals surface area (Å²) in [5.74, 6) is 1.51. The Morgan fingerprint density at radius 1 is 0.361 bits per heavy atom. The fourth-order valence-corrected chi connectivity index (χ4v) is 11.5. The van der Waals surface area contributed by atoms with E-state index >= 15 is 0 Å². The minimum absolute atomic E-state index is 0.143. The molecule has 5 rings (SSSR count). The van der Waals surface area contributed by atoms with E-state index in [9.17, 15) is 9.59 Å². The second-order valence-corrected chi connectivity index (χ2v) is 20.4. The molecule has 0 fully saturated rings. The van der Waals surface area contributed by atoms with Gasteiger partial charge in [0, 0.05) is 29.3 Å². The summed E-state index contributed by atoms with van der Waals surface area (Å²) in [6.07, 6.45) is -1.10. The summed E-state index contributed by atoms with van der Waals surface area (Å²) in [7, 11) is 0. The fourth-order valence-electron chi connectivity index (χ4n) is 6.95. The summed E-state index contributed by atoms with van der Waals surface area (Å²) in [6, 6.07) is 7.17. The van der Waals surface area contributed by atoms with Crippen LogP contribution in [0.4, 0.5) is 0 Å². The third kappa shape index (κ3) is 10.5. The molecule has 2 aromatic carbocycles. The molecule has 0 radical (unpaired) electrons. The van der Waals surface area contributed by atoms with E-state index < -0.39 is 11.9 Å². The fraction of sp³-hybridized carbons (Fsp3) is 0.480. The Labute approximate surface area is 375 Å². The summed E-state index contributed by atoms with van der Waals surface area (Å²) in [4.78, 5) is 33.4. The van der Waals surface area contributed by atoms with Crippen molar-refractivity contribution in [1.82, 2.24) is 0 Å². The second-order valence-electron chi connectivity index (χ2n) is 17.3. The predicted molar refractivity (Wildman–Crippen MR) is 254 cm³/mol. The van der Waals surface area contributed by atoms with Gasteiger partial charge in [0.25, 0.3) is 0 Å². The smallest absolute Gasteiger partial charge is 0.338 e. The van der Waals surface area contributed by atoms with E-state index in [0.29, 0.717) is 34.1 Å². The largest absolute Gasteiger partial charge is 0.490 e. The second kappa shape index (κ2) is 19.4. The van der Waals surface area contributed by atoms with E-state index in [1.165, 1.54) is 41.8 Å². The first kappa shape index (κ1) is 47.7. The van der Waals surface area contributed by atoms with Crippen LogP contribution in [0.25, 0.3) is 40.4 Å². The SMILES string of the molecule is Cc1c(-c2sc(-c3c(OC(C)C)cc(C(=O)OC(C)C)cc3OC(C)C)c(C)c2C)sc(-c2sc(-c3c(OC(C)C)cc(C(=O)OC(C)C)cc3OC(C)C)c(C)c2C)c1C. The van der Waals surface area contributed by atoms with Crippen molar-refractivity contribution in [2.45, 2.75) is 161 Å². The Hall–Kier alpha value is -4.32. The highest BCUT2D eigenvalue weighted by atomic mass is 32.1. The molecule has 5 aromatic rings. The quantitative estimate of drug-likeness (QED) is 0.0905. The van der Waals surface area contributed by atoms with Crippen LogP contribution >= 0.6 is 34.0 Å². The summed E-state index contributed by atoms with van der Waals surface area (Å²) in [5, 5.41) is 0. The molecule has 330 valence electrons. The zero-order chi connectivity index (χ0) is 45.4. The highest BCUT2D eigenvalue weighted by molar-refractivity contribution is 7.28. The van der Waals surface area contributed by atoms with Gasteiger partial charge in [-0.15, -0.1) is 34.0 Å². The molecule has 0 aliphatic heterocycles. The van der Waals surface area contributed by atoms with Crippen LogP contribution in [0.3, 0.4) is 0 Å². The van der Waals surface area contributed by atoms with Crippen molar-refractivity contribution in [2.24, 2.45) is 0 Å². The summed E-state index contributed by atoms with van der Waals surface area (Å²) in [6.45, 7) is 36.3. The number of hydrogen-bond acceptors (Lipinski definition) is 11. The van der Waals surface area contributed by atoms with Crippen LogP contribution < -0.4 is 18.9 Å². The predicted octanol–water partition coefficient (Wildman–Crippen LogP) is 14.7. The van der Waals surface area contributed by atoms with E-state index in [2.05, 4.69) is 41.5 Å². The van der Waals surface area contributed by atoms with Gasteiger partial charge >= 0.3 is 11.9 Å². The van der Waals surface area contributed by atoms with Gasteiger partial charge in [0.15, 0.2) is 0 Å². The average Bonchev–Trinajstić information content (AvgIpc) is 3.70. The van der Waals surface area contributed by atoms with Gasteiger partial charge in [-0.1, -0.05) is 0 Å². The Balaban J connectivity index is 1.70. The van der Waals surface area contributed by atoms with Gasteiger partial charge in [0.05, 0.1) is 58.9 Å². The van der Waals surface area contributed by atoms with Crippen molar-refractivity contribution in [3.63, 3.8) is 0 Å². The lowest BCUT2D eigenvalue weighted by Crippen LogP contribution is -2.15. The van der Waals surface area contributed by atoms with Gasteiger partial charge in [-0.3, -0.25) is 0 Å². The van der Waals surface area contributed by atoms with Crippen molar-refractivity contribution in [2.75, 3.05) is 0 Å². The third-order valence-corrected chi connectivity index (χ3v) is 14.5. The summed E-state index contributed by atoms with van der Waals surface area (Å²) >= 11 is 5.27. The molecular formula is C50H64O8S3. The van der Waals surface area contributed by atoms with Crippen molar-refractivity contribution in [1.29, 1.82) is 0 Å². The number of benzene rings is 2. The Morgan fingerprint density at radius 2 is 0.574 bits per heavy atom. The maximum Gasteiger partial charge on any atom is 0.338 e. The molecule has 0 bridgehead atoms. The molecule has 0 spiro atoms. The normalized spacial score (nSPS) is 11.8. The van der Waals surface area contributed by atoms with Gasteiger partial charge in [-0.2, -0.15) is 0 Å². The van der Waals surface area contributed by atoms with Crippen LogP contribution in [0.15, 0.2) is 24.3 Å². The average molecular weight is 889 g/mol. The number of rotatable bonds is 16. The molecule has 0 N–H and O–H groups in total. The molecule has 0 aliphatic rings. The topological polar surface area (TPSA) is 89.5 Å². The van der Waals surface area contributed by atoms with Gasteiger partial charge < -0.3 is 28.4 Å². The molecule has 11 heteroatoms. The van der Waals surface area contributed by atoms with Crippen LogP contribution in [0.2, 0.25) is 0 Å². The molecule has 3 aromatic heterocycles. The van der Waals surface area contributed by atoms with Crippen LogP contribution in [-0.4, -0.2) is 48.6 Å². The molecule has 8 nitrogen and oxygen atoms in total. The van der Waals surface area contributed by atoms with Crippen LogP contribution in [0, 0.1) is 41.5 Å². The number of esters is 2. The highest BCUT2D eigenvalue weighted by Gasteiger charge is 2.30. The molecule has 3 heterocycles. The van der Waals surface area contributed by atoms with E-state index in [1.807, 2.05) is 94.4 Å². The van der Waals surface area contributed by atoms with Crippen molar-refractivity contribution in [3.8, 4) is 63.4 Å². The minimum atomic E-state index is -0.418. The monoisotopic (exact) mass is 888 g/mol. The molecule has 0 aliphatic carbocycles. The van der Waals surface area contributed by atoms with Crippen LogP contribution in [-0.2, 0) is 9.47 Å². The minimum Gasteiger partial charge on any atom is -0.490 e. The Kier molecular flexibility index (Phi) is 15.2. The van der Waals surface area contributed by atoms with E-state index in [0.717, 1.165) is 32.0 Å². The number of hydrogen-bond donors (Lipinski definition) is 0. The maximum atomic E-state index is 13.2. The van der Waals surface area contributed by atoms with Gasteiger partial charge in [0.1, 0.15) is 23.0 Å². The lowest BCUT2D eigenvalue weighted by Gasteiger charge is -2.21. The highest BCUT2D eigenvalue weighted by Crippen LogP contribution is 2.55. The first-order valence-corrected chi connectivity index (χ1v) is 23.7. The molecule has 0 saturated heterocycles. The maximum absolute atomic E-state index is 13.2. The lowest BCUT2D eigenvalue weighted by atomic mass is 10.0. The zero-order valence-corrected chi connectivity index (χ0v) is 41.7. The molecular weight excluding hydrogens is 825 g/mol. The first-order chi connectivity index (χ1) is 28.5. The number of thiophene rings is 3. The Morgan fingerprint density at radius 3 is 0.787 bits per heavy atom. The molecule has 0 saturated carbocycles. The molecule has 61 heavy (non-hydrogen) atoms. The van der Waals surface area contributed by atoms with Crippen molar-refractivity contribution < 1.29 is 38.0 Å². The molecule has 0 unspecified atom stereocenters. The Bertz CT molecular complexity index is 2180. The van der Waals surface area contributed by atoms with Crippen molar-refractivity contribution >= 4 is 45.9 Å². The van der Waals surface area contributed by atoms with E-state index in [1.54, 1.807) is 46.9 Å². The van der Waals surface area contributed by atoms with E-state index in [4.69, 9.17) is 28.4 Å². The molecule has 0 atom stereocenters. The van der Waals surface area contributed by atoms with Gasteiger partial charge in [0.2, 0.25) is 0 Å². The van der Waals surface area contributed by atoms with Crippen molar-refractivity contribution in [3.05, 3.63) is 68.8 Å². The first-order valence-electron chi connectivity index (χ1n) is 21.3. The molecule has 0 amide bonds. The standard InChI is InChI=1S/C50H64O8S3/c1-23(2)53-37-19-35(49(51)57-27(9)10)20-38(54-24(3)4)41(37)43-29(13)31(15)45(59-43)47-33(17)34(18)48(61-47)46-32(16)30(14)44(60-46)42-39(55-25(5)6)21-36(50(52)58-28(11)12)22-40(42)56-26(7)8/h19-28H,1-18H3. The van der Waals surface area contributed by atoms with Gasteiger partial charge in [-0.25, -0.2) is 9.59 Å². The van der Waals surface area contributed by atoms with Gasteiger partial charge in [-0.05, 0) is 182 Å². The number of carbonyl (C=O) groups is 2. The van der Waals surface area contributed by atoms with Crippen LogP contribution in [0.1, 0.15) is 137 Å². The van der Waals surface area contributed by atoms with Crippen LogP contribution in [0.5, 0.6) is 23.0 Å². The zero-order valence-electron chi connectivity index (χ0n) is 39.3. The summed E-state index contributed by atoms with van der Waals surface area (Å²) in [5.41, 5.74) is 9.55. The number of ether oxygens (including phenoxy) is 6. The van der Waals surface area contributed by atoms with E-state index in [-0.39, 0.29) is 36.6 Å². The summed E-state index contributed by atoms with van der Waals surface area (Å²) < 4.78 is 37.1.